The highest BCUT2D eigenvalue weighted by molar-refractivity contribution is 7.85. The maximum Gasteiger partial charge on any atom is 0.294 e. The van der Waals surface area contributed by atoms with E-state index < -0.39 is 10.1 Å². The van der Waals surface area contributed by atoms with Crippen LogP contribution in [0.2, 0.25) is 0 Å². The van der Waals surface area contributed by atoms with Crippen LogP contribution in [0.3, 0.4) is 0 Å². The van der Waals surface area contributed by atoms with Crippen molar-refractivity contribution >= 4 is 10.1 Å². The smallest absolute Gasteiger partial charge is 0.294 e. The Morgan fingerprint density at radius 1 is 1.35 bits per heavy atom. The summed E-state index contributed by atoms with van der Waals surface area (Å²) in [5.41, 5.74) is 6.60. The lowest BCUT2D eigenvalue weighted by atomic mass is 10.1. The van der Waals surface area contributed by atoms with Gasteiger partial charge in [0.05, 0.1) is 11.0 Å². The number of benzene rings is 1. The Morgan fingerprint density at radius 2 is 1.95 bits per heavy atom. The van der Waals surface area contributed by atoms with E-state index in [2.05, 4.69) is 6.07 Å². The first kappa shape index (κ1) is 16.6. The molecule has 0 aliphatic heterocycles. The second-order valence-corrected chi connectivity index (χ2v) is 6.51. The van der Waals surface area contributed by atoms with Crippen LogP contribution in [0.1, 0.15) is 31.2 Å². The van der Waals surface area contributed by atoms with Crippen molar-refractivity contribution in [3.63, 3.8) is 0 Å². The molecule has 1 aromatic carbocycles. The van der Waals surface area contributed by atoms with E-state index in [1.54, 1.807) is 12.1 Å². The number of hydrogen-bond acceptors (Lipinski definition) is 4. The summed E-state index contributed by atoms with van der Waals surface area (Å²) in [5, 5.41) is 8.32. The molecule has 1 saturated carbocycles. The average molecular weight is 296 g/mol. The van der Waals surface area contributed by atoms with E-state index in [0.29, 0.717) is 18.4 Å². The van der Waals surface area contributed by atoms with Crippen molar-refractivity contribution in [2.24, 2.45) is 11.7 Å². The molecule has 0 amide bonds. The van der Waals surface area contributed by atoms with Crippen molar-refractivity contribution in [2.75, 3.05) is 0 Å². The summed E-state index contributed by atoms with van der Waals surface area (Å²) in [4.78, 5) is -0.0666. The van der Waals surface area contributed by atoms with Crippen molar-refractivity contribution in [3.8, 4) is 6.07 Å². The van der Waals surface area contributed by atoms with Gasteiger partial charge in [-0.05, 0) is 44.2 Å². The van der Waals surface area contributed by atoms with E-state index in [1.165, 1.54) is 12.1 Å². The fraction of sp³-hybridized carbons (Fsp3) is 0.500. The Bertz CT molecular complexity index is 561. The lowest BCUT2D eigenvalue weighted by Gasteiger charge is -2.00. The zero-order chi connectivity index (χ0) is 15.2. The summed E-state index contributed by atoms with van der Waals surface area (Å²) in [6.07, 6.45) is 4.04. The van der Waals surface area contributed by atoms with E-state index in [9.17, 15) is 8.42 Å². The third-order valence-electron chi connectivity index (χ3n) is 3.28. The molecule has 0 heterocycles. The second-order valence-electron chi connectivity index (χ2n) is 5.09. The Morgan fingerprint density at radius 3 is 2.35 bits per heavy atom. The number of nitrogens with two attached hydrogens (primary N) is 1. The number of hydrogen-bond donors (Lipinski definition) is 2. The second kappa shape index (κ2) is 7.39. The van der Waals surface area contributed by atoms with Crippen LogP contribution < -0.4 is 5.73 Å². The third-order valence-corrected chi connectivity index (χ3v) is 4.15. The van der Waals surface area contributed by atoms with Crippen LogP contribution in [0, 0.1) is 24.2 Å². The molecule has 110 valence electrons. The lowest BCUT2D eigenvalue weighted by Crippen LogP contribution is -2.14. The molecule has 0 radical (unpaired) electrons. The molecule has 0 saturated heterocycles. The molecule has 0 bridgehead atoms. The molecule has 2 atom stereocenters. The molecule has 0 aromatic heterocycles. The van der Waals surface area contributed by atoms with Crippen LogP contribution in [0.25, 0.3) is 0 Å². The third kappa shape index (κ3) is 5.70. The fourth-order valence-electron chi connectivity index (χ4n) is 2.14. The maximum absolute atomic E-state index is 10.5. The number of rotatable bonds is 2. The largest absolute Gasteiger partial charge is 0.328 e. The molecule has 1 fully saturated rings. The average Bonchev–Trinajstić information content (AvgIpc) is 2.76. The van der Waals surface area contributed by atoms with Gasteiger partial charge in [0, 0.05) is 12.5 Å². The highest BCUT2D eigenvalue weighted by Gasteiger charge is 2.20. The molecule has 0 spiro atoms. The Hall–Kier alpha value is -1.42. The summed E-state index contributed by atoms with van der Waals surface area (Å²) in [6.45, 7) is 1.84. The molecule has 1 aliphatic carbocycles. The number of nitriles is 1. The van der Waals surface area contributed by atoms with Gasteiger partial charge in [-0.25, -0.2) is 0 Å². The SMILES string of the molecule is Cc1ccc(S(=O)(=O)O)cc1.N#CC[C@H]1CC[C@@H](N)C1. The van der Waals surface area contributed by atoms with Crippen molar-refractivity contribution in [1.29, 1.82) is 5.26 Å². The monoisotopic (exact) mass is 296 g/mol. The van der Waals surface area contributed by atoms with E-state index in [0.717, 1.165) is 24.8 Å². The first-order valence-corrected chi connectivity index (χ1v) is 7.93. The van der Waals surface area contributed by atoms with Crippen molar-refractivity contribution in [1.82, 2.24) is 0 Å². The van der Waals surface area contributed by atoms with Gasteiger partial charge in [-0.2, -0.15) is 13.7 Å². The number of nitrogens with zero attached hydrogens (tertiary/aromatic N) is 1. The van der Waals surface area contributed by atoms with Crippen LogP contribution in [-0.4, -0.2) is 19.0 Å². The van der Waals surface area contributed by atoms with E-state index in [-0.39, 0.29) is 4.90 Å². The topological polar surface area (TPSA) is 104 Å². The predicted octanol–water partition coefficient (Wildman–Crippen LogP) is 2.27. The summed E-state index contributed by atoms with van der Waals surface area (Å²) in [6, 6.07) is 8.54. The Balaban J connectivity index is 0.000000204. The molecule has 3 N–H and O–H groups in total. The van der Waals surface area contributed by atoms with Crippen LogP contribution in [0.15, 0.2) is 29.2 Å². The molecule has 1 aromatic rings. The lowest BCUT2D eigenvalue weighted by molar-refractivity contribution is 0.483. The van der Waals surface area contributed by atoms with Gasteiger partial charge < -0.3 is 5.73 Å². The zero-order valence-corrected chi connectivity index (χ0v) is 12.3. The molecular formula is C14H20N2O3S. The molecular weight excluding hydrogens is 276 g/mol. The minimum absolute atomic E-state index is 0.0666. The van der Waals surface area contributed by atoms with Gasteiger partial charge in [-0.15, -0.1) is 0 Å². The highest BCUT2D eigenvalue weighted by Crippen LogP contribution is 2.26. The molecule has 20 heavy (non-hydrogen) atoms. The van der Waals surface area contributed by atoms with Gasteiger partial charge in [0.2, 0.25) is 0 Å². The standard InChI is InChI=1S/C7H12N2.C7H8O3S/c8-4-3-6-1-2-7(9)5-6;1-6-2-4-7(5-3-6)11(8,9)10/h6-7H,1-3,5,9H2;2-5H,1H3,(H,8,9,10)/t6-,7-;/m1./s1. The van der Waals surface area contributed by atoms with Gasteiger partial charge in [0.1, 0.15) is 0 Å². The van der Waals surface area contributed by atoms with Gasteiger partial charge in [-0.3, -0.25) is 4.55 Å². The van der Waals surface area contributed by atoms with Crippen LogP contribution in [-0.2, 0) is 10.1 Å². The normalized spacial score (nSPS) is 21.7. The summed E-state index contributed by atoms with van der Waals surface area (Å²) in [7, 11) is -4.02. The minimum Gasteiger partial charge on any atom is -0.328 e. The van der Waals surface area contributed by atoms with Crippen molar-refractivity contribution in [3.05, 3.63) is 29.8 Å². The highest BCUT2D eigenvalue weighted by atomic mass is 32.2. The van der Waals surface area contributed by atoms with Gasteiger partial charge in [-0.1, -0.05) is 17.7 Å². The predicted molar refractivity (Wildman–Crippen MR) is 76.5 cm³/mol. The number of aryl methyl sites for hydroxylation is 1. The summed E-state index contributed by atoms with van der Waals surface area (Å²) in [5.74, 6) is 0.602. The van der Waals surface area contributed by atoms with Crippen molar-refractivity contribution in [2.45, 2.75) is 43.5 Å². The summed E-state index contributed by atoms with van der Waals surface area (Å²) >= 11 is 0. The maximum atomic E-state index is 10.5. The van der Waals surface area contributed by atoms with Crippen LogP contribution in [0.4, 0.5) is 0 Å². The zero-order valence-electron chi connectivity index (χ0n) is 11.5. The van der Waals surface area contributed by atoms with Crippen molar-refractivity contribution < 1.29 is 13.0 Å². The van der Waals surface area contributed by atoms with Crippen LogP contribution in [0.5, 0.6) is 0 Å². The van der Waals surface area contributed by atoms with Gasteiger partial charge >= 0.3 is 0 Å². The minimum atomic E-state index is -4.02. The van der Waals surface area contributed by atoms with Gasteiger partial charge in [0.25, 0.3) is 10.1 Å². The molecule has 1 aliphatic rings. The molecule has 0 unspecified atom stereocenters. The van der Waals surface area contributed by atoms with E-state index in [4.69, 9.17) is 15.5 Å². The molecule has 6 heteroatoms. The first-order valence-electron chi connectivity index (χ1n) is 6.49. The Labute approximate surface area is 120 Å². The molecule has 5 nitrogen and oxygen atoms in total. The van der Waals surface area contributed by atoms with E-state index >= 15 is 0 Å². The van der Waals surface area contributed by atoms with Crippen LogP contribution >= 0.6 is 0 Å². The van der Waals surface area contributed by atoms with Gasteiger partial charge in [0.15, 0.2) is 0 Å². The summed E-state index contributed by atoms with van der Waals surface area (Å²) < 4.78 is 29.6. The fourth-order valence-corrected chi connectivity index (χ4v) is 2.62. The molecule has 2 rings (SSSR count). The Kier molecular flexibility index (Phi) is 6.14. The quantitative estimate of drug-likeness (QED) is 0.815. The van der Waals surface area contributed by atoms with E-state index in [1.807, 2.05) is 6.92 Å². The first-order chi connectivity index (χ1) is 9.32.